The summed E-state index contributed by atoms with van der Waals surface area (Å²) in [5, 5.41) is 3.33. The van der Waals surface area contributed by atoms with Crippen LogP contribution in [0.2, 0.25) is 0 Å². The van der Waals surface area contributed by atoms with E-state index < -0.39 is 0 Å². The van der Waals surface area contributed by atoms with Crippen LogP contribution in [0.15, 0.2) is 48.5 Å². The van der Waals surface area contributed by atoms with Crippen LogP contribution in [0.1, 0.15) is 11.1 Å². The normalized spacial score (nSPS) is 10.6. The Hall–Kier alpha value is -1.91. The number of hydrogen-bond donors (Lipinski definition) is 1. The fourth-order valence-electron chi connectivity index (χ4n) is 1.90. The summed E-state index contributed by atoms with van der Waals surface area (Å²) in [7, 11) is 1.65. The number of methoxy groups -OCH3 is 1. The third-order valence-corrected chi connectivity index (χ3v) is 3.05. The van der Waals surface area contributed by atoms with E-state index >= 15 is 0 Å². The second-order valence-electron chi connectivity index (χ2n) is 4.72. The lowest BCUT2D eigenvalue weighted by Gasteiger charge is -2.08. The van der Waals surface area contributed by atoms with Crippen molar-refractivity contribution < 1.29 is 13.9 Å². The third-order valence-electron chi connectivity index (χ3n) is 3.05. The van der Waals surface area contributed by atoms with Gasteiger partial charge in [0.15, 0.2) is 0 Å². The first-order valence-electron chi connectivity index (χ1n) is 6.94. The molecule has 0 radical (unpaired) electrons. The van der Waals surface area contributed by atoms with Crippen molar-refractivity contribution in [3.05, 3.63) is 65.5 Å². The molecule has 0 spiro atoms. The molecule has 0 aliphatic heterocycles. The smallest absolute Gasteiger partial charge is 0.123 e. The van der Waals surface area contributed by atoms with Crippen molar-refractivity contribution in [2.75, 3.05) is 20.3 Å². The maximum Gasteiger partial charge on any atom is 0.123 e. The van der Waals surface area contributed by atoms with Crippen molar-refractivity contribution in [1.29, 1.82) is 0 Å². The minimum absolute atomic E-state index is 0.206. The summed E-state index contributed by atoms with van der Waals surface area (Å²) in [5.41, 5.74) is 2.24. The minimum atomic E-state index is -0.206. The lowest BCUT2D eigenvalue weighted by Crippen LogP contribution is -2.12. The molecule has 112 valence electrons. The maximum atomic E-state index is 12.8. The van der Waals surface area contributed by atoms with E-state index in [1.807, 2.05) is 24.3 Å². The van der Waals surface area contributed by atoms with Gasteiger partial charge in [0.05, 0.1) is 6.61 Å². The Balaban J connectivity index is 1.74. The summed E-state index contributed by atoms with van der Waals surface area (Å²) >= 11 is 0. The number of ether oxygens (including phenoxy) is 2. The van der Waals surface area contributed by atoms with E-state index in [1.165, 1.54) is 17.7 Å². The Kier molecular flexibility index (Phi) is 6.19. The molecule has 4 heteroatoms. The van der Waals surface area contributed by atoms with Crippen LogP contribution in [0, 0.1) is 5.82 Å². The molecule has 0 aromatic heterocycles. The first kappa shape index (κ1) is 15.5. The van der Waals surface area contributed by atoms with Gasteiger partial charge in [-0.25, -0.2) is 4.39 Å². The summed E-state index contributed by atoms with van der Waals surface area (Å²) < 4.78 is 23.2. The number of hydrogen-bond acceptors (Lipinski definition) is 3. The van der Waals surface area contributed by atoms with Crippen molar-refractivity contribution in [1.82, 2.24) is 5.32 Å². The van der Waals surface area contributed by atoms with E-state index in [0.717, 1.165) is 17.9 Å². The molecule has 3 nitrogen and oxygen atoms in total. The standard InChI is InChI=1S/C17H20FNO2/c1-20-10-11-21-17-8-4-15(5-9-17)13-19-12-14-2-6-16(18)7-3-14/h2-9,19H,10-13H2,1H3. The number of halogens is 1. The zero-order valence-corrected chi connectivity index (χ0v) is 12.1. The van der Waals surface area contributed by atoms with Gasteiger partial charge in [0.25, 0.3) is 0 Å². The molecule has 1 N–H and O–H groups in total. The Morgan fingerprint density at radius 3 is 2.00 bits per heavy atom. The zero-order valence-electron chi connectivity index (χ0n) is 12.1. The highest BCUT2D eigenvalue weighted by Crippen LogP contribution is 2.12. The van der Waals surface area contributed by atoms with E-state index in [-0.39, 0.29) is 5.82 Å². The second-order valence-corrected chi connectivity index (χ2v) is 4.72. The molecule has 21 heavy (non-hydrogen) atoms. The monoisotopic (exact) mass is 289 g/mol. The summed E-state index contributed by atoms with van der Waals surface area (Å²) in [6.45, 7) is 2.61. The molecular weight excluding hydrogens is 269 g/mol. The molecule has 2 aromatic rings. The molecule has 0 aliphatic rings. The number of nitrogens with one attached hydrogen (secondary N) is 1. The topological polar surface area (TPSA) is 30.5 Å². The molecule has 0 heterocycles. The van der Waals surface area contributed by atoms with Crippen LogP contribution in [-0.4, -0.2) is 20.3 Å². The Labute approximate surface area is 124 Å². The van der Waals surface area contributed by atoms with Crippen LogP contribution >= 0.6 is 0 Å². The van der Waals surface area contributed by atoms with Gasteiger partial charge in [0.1, 0.15) is 18.2 Å². The first-order chi connectivity index (χ1) is 10.3. The quantitative estimate of drug-likeness (QED) is 0.757. The Morgan fingerprint density at radius 1 is 0.857 bits per heavy atom. The molecule has 0 amide bonds. The van der Waals surface area contributed by atoms with Crippen LogP contribution in [0.3, 0.4) is 0 Å². The van der Waals surface area contributed by atoms with Crippen molar-refractivity contribution in [2.24, 2.45) is 0 Å². The van der Waals surface area contributed by atoms with E-state index in [4.69, 9.17) is 9.47 Å². The van der Waals surface area contributed by atoms with Gasteiger partial charge < -0.3 is 14.8 Å². The first-order valence-corrected chi connectivity index (χ1v) is 6.94. The average Bonchev–Trinajstić information content (AvgIpc) is 2.51. The second kappa shape index (κ2) is 8.39. The molecule has 2 aromatic carbocycles. The van der Waals surface area contributed by atoms with Crippen LogP contribution < -0.4 is 10.1 Å². The highest BCUT2D eigenvalue weighted by atomic mass is 19.1. The third kappa shape index (κ3) is 5.53. The summed E-state index contributed by atoms with van der Waals surface area (Å²) in [6.07, 6.45) is 0. The molecule has 2 rings (SSSR count). The van der Waals surface area contributed by atoms with Gasteiger partial charge in [0.2, 0.25) is 0 Å². The Bertz CT molecular complexity index is 525. The fraction of sp³-hybridized carbons (Fsp3) is 0.294. The molecule has 0 unspecified atom stereocenters. The van der Waals surface area contributed by atoms with Crippen LogP contribution in [0.25, 0.3) is 0 Å². The summed E-state index contributed by atoms with van der Waals surface area (Å²) in [5.74, 6) is 0.636. The largest absolute Gasteiger partial charge is 0.491 e. The lowest BCUT2D eigenvalue weighted by molar-refractivity contribution is 0.146. The molecule has 0 fully saturated rings. The molecule has 0 saturated heterocycles. The average molecular weight is 289 g/mol. The predicted octanol–water partition coefficient (Wildman–Crippen LogP) is 3.14. The van der Waals surface area contributed by atoms with Gasteiger partial charge in [-0.1, -0.05) is 24.3 Å². The van der Waals surface area contributed by atoms with Gasteiger partial charge in [-0.05, 0) is 35.4 Å². The van der Waals surface area contributed by atoms with Crippen molar-refractivity contribution in [3.8, 4) is 5.75 Å². The van der Waals surface area contributed by atoms with Crippen LogP contribution in [-0.2, 0) is 17.8 Å². The van der Waals surface area contributed by atoms with Gasteiger partial charge in [0, 0.05) is 20.2 Å². The van der Waals surface area contributed by atoms with E-state index in [2.05, 4.69) is 5.32 Å². The summed E-state index contributed by atoms with van der Waals surface area (Å²) in [6, 6.07) is 14.5. The van der Waals surface area contributed by atoms with Crippen molar-refractivity contribution in [3.63, 3.8) is 0 Å². The molecule has 0 aliphatic carbocycles. The van der Waals surface area contributed by atoms with E-state index in [0.29, 0.717) is 19.8 Å². The lowest BCUT2D eigenvalue weighted by atomic mass is 10.2. The zero-order chi connectivity index (χ0) is 14.9. The van der Waals surface area contributed by atoms with E-state index in [1.54, 1.807) is 19.2 Å². The van der Waals surface area contributed by atoms with E-state index in [9.17, 15) is 4.39 Å². The highest BCUT2D eigenvalue weighted by Gasteiger charge is 1.97. The number of benzene rings is 2. The van der Waals surface area contributed by atoms with Gasteiger partial charge >= 0.3 is 0 Å². The summed E-state index contributed by atoms with van der Waals surface area (Å²) in [4.78, 5) is 0. The van der Waals surface area contributed by atoms with Crippen LogP contribution in [0.5, 0.6) is 5.75 Å². The predicted molar refractivity (Wildman–Crippen MR) is 80.8 cm³/mol. The van der Waals surface area contributed by atoms with Crippen molar-refractivity contribution >= 4 is 0 Å². The maximum absolute atomic E-state index is 12.8. The number of rotatable bonds is 8. The highest BCUT2D eigenvalue weighted by molar-refractivity contribution is 5.27. The molecule has 0 saturated carbocycles. The van der Waals surface area contributed by atoms with Gasteiger partial charge in [-0.15, -0.1) is 0 Å². The fourth-order valence-corrected chi connectivity index (χ4v) is 1.90. The van der Waals surface area contributed by atoms with Gasteiger partial charge in [-0.2, -0.15) is 0 Å². The van der Waals surface area contributed by atoms with Gasteiger partial charge in [-0.3, -0.25) is 0 Å². The minimum Gasteiger partial charge on any atom is -0.491 e. The molecular formula is C17H20FNO2. The SMILES string of the molecule is COCCOc1ccc(CNCc2ccc(F)cc2)cc1. The molecule has 0 atom stereocenters. The van der Waals surface area contributed by atoms with Crippen LogP contribution in [0.4, 0.5) is 4.39 Å². The molecule has 0 bridgehead atoms. The Morgan fingerprint density at radius 2 is 1.43 bits per heavy atom. The van der Waals surface area contributed by atoms with Crippen molar-refractivity contribution in [2.45, 2.75) is 13.1 Å².